The molecule has 0 radical (unpaired) electrons. The first-order valence-corrected chi connectivity index (χ1v) is 7.50. The van der Waals surface area contributed by atoms with E-state index in [9.17, 15) is 0 Å². The molecular formula is C15H32N2O2. The first kappa shape index (κ1) is 16.9. The van der Waals surface area contributed by atoms with Crippen LogP contribution < -0.4 is 5.73 Å². The molecule has 4 heteroatoms. The van der Waals surface area contributed by atoms with Crippen molar-refractivity contribution in [3.8, 4) is 0 Å². The zero-order valence-electron chi connectivity index (χ0n) is 13.3. The summed E-state index contributed by atoms with van der Waals surface area (Å²) in [6.45, 7) is 9.52. The lowest BCUT2D eigenvalue weighted by Gasteiger charge is -2.44. The van der Waals surface area contributed by atoms with Crippen LogP contribution in [0.15, 0.2) is 0 Å². The molecule has 0 aromatic carbocycles. The van der Waals surface area contributed by atoms with Crippen molar-refractivity contribution >= 4 is 0 Å². The Morgan fingerprint density at radius 1 is 1.21 bits per heavy atom. The largest absolute Gasteiger partial charge is 0.354 e. The molecule has 0 amide bonds. The number of hydrogen-bond donors (Lipinski definition) is 1. The van der Waals surface area contributed by atoms with Crippen molar-refractivity contribution in [1.29, 1.82) is 0 Å². The van der Waals surface area contributed by atoms with Gasteiger partial charge in [0.15, 0.2) is 6.29 Å². The number of ether oxygens (including phenoxy) is 2. The van der Waals surface area contributed by atoms with Gasteiger partial charge in [0, 0.05) is 20.8 Å². The smallest absolute Gasteiger partial charge is 0.176 e. The number of hydrogen-bond acceptors (Lipinski definition) is 4. The molecule has 1 heterocycles. The third kappa shape index (κ3) is 3.91. The van der Waals surface area contributed by atoms with Crippen LogP contribution in [0.2, 0.25) is 0 Å². The zero-order chi connectivity index (χ0) is 14.5. The molecule has 1 aliphatic rings. The van der Waals surface area contributed by atoms with Crippen LogP contribution in [0.25, 0.3) is 0 Å². The zero-order valence-corrected chi connectivity index (χ0v) is 13.3. The Morgan fingerprint density at radius 3 is 2.32 bits per heavy atom. The molecule has 0 spiro atoms. The van der Waals surface area contributed by atoms with E-state index in [1.165, 1.54) is 19.3 Å². The molecule has 1 rings (SSSR count). The summed E-state index contributed by atoms with van der Waals surface area (Å²) in [5, 5.41) is 0. The minimum Gasteiger partial charge on any atom is -0.354 e. The topological polar surface area (TPSA) is 47.7 Å². The van der Waals surface area contributed by atoms with Crippen LogP contribution in [0, 0.1) is 11.8 Å². The van der Waals surface area contributed by atoms with Gasteiger partial charge in [0.1, 0.15) is 0 Å². The SMILES string of the molecule is COC(OC)C(C)(CN)N1CCCC(C(C)C)CC1. The van der Waals surface area contributed by atoms with Gasteiger partial charge in [-0.3, -0.25) is 4.90 Å². The van der Waals surface area contributed by atoms with Crippen LogP contribution in [0.5, 0.6) is 0 Å². The Hall–Kier alpha value is -0.160. The van der Waals surface area contributed by atoms with Crippen LogP contribution >= 0.6 is 0 Å². The number of nitrogens with zero attached hydrogens (tertiary/aromatic N) is 1. The van der Waals surface area contributed by atoms with Gasteiger partial charge >= 0.3 is 0 Å². The molecule has 2 unspecified atom stereocenters. The number of rotatable bonds is 6. The molecule has 2 atom stereocenters. The Kier molecular flexibility index (Phi) is 6.74. The van der Waals surface area contributed by atoms with Crippen molar-refractivity contribution in [2.75, 3.05) is 33.9 Å². The lowest BCUT2D eigenvalue weighted by molar-refractivity contribution is -0.181. The van der Waals surface area contributed by atoms with Crippen molar-refractivity contribution in [1.82, 2.24) is 4.90 Å². The minimum absolute atomic E-state index is 0.241. The Morgan fingerprint density at radius 2 is 1.84 bits per heavy atom. The summed E-state index contributed by atoms with van der Waals surface area (Å²) in [6, 6.07) is 0. The summed E-state index contributed by atoms with van der Waals surface area (Å²) in [7, 11) is 3.38. The van der Waals surface area contributed by atoms with Gasteiger partial charge in [-0.25, -0.2) is 0 Å². The van der Waals surface area contributed by atoms with E-state index in [0.717, 1.165) is 24.9 Å². The highest BCUT2D eigenvalue weighted by atomic mass is 16.7. The van der Waals surface area contributed by atoms with Crippen LogP contribution in [-0.2, 0) is 9.47 Å². The van der Waals surface area contributed by atoms with E-state index in [0.29, 0.717) is 6.54 Å². The van der Waals surface area contributed by atoms with E-state index in [-0.39, 0.29) is 11.8 Å². The molecule has 4 nitrogen and oxygen atoms in total. The third-order valence-corrected chi connectivity index (χ3v) is 4.79. The van der Waals surface area contributed by atoms with Gasteiger partial charge in [0.25, 0.3) is 0 Å². The summed E-state index contributed by atoms with van der Waals surface area (Å²) in [6.07, 6.45) is 3.53. The fourth-order valence-electron chi connectivity index (χ4n) is 3.28. The second-order valence-electron chi connectivity index (χ2n) is 6.29. The average molecular weight is 272 g/mol. The van der Waals surface area contributed by atoms with Crippen molar-refractivity contribution in [2.24, 2.45) is 17.6 Å². The van der Waals surface area contributed by atoms with Gasteiger partial charge in [-0.15, -0.1) is 0 Å². The van der Waals surface area contributed by atoms with Crippen LogP contribution in [0.1, 0.15) is 40.0 Å². The van der Waals surface area contributed by atoms with Gasteiger partial charge in [-0.2, -0.15) is 0 Å². The average Bonchev–Trinajstić information content (AvgIpc) is 2.65. The standard InChI is InChI=1S/C15H32N2O2/c1-12(2)13-7-6-9-17(10-8-13)15(3,11-16)14(18-4)19-5/h12-14H,6-11,16H2,1-5H3. The maximum Gasteiger partial charge on any atom is 0.176 e. The van der Waals surface area contributed by atoms with Gasteiger partial charge < -0.3 is 15.2 Å². The molecule has 0 saturated carbocycles. The molecular weight excluding hydrogens is 240 g/mol. The highest BCUT2D eigenvalue weighted by Crippen LogP contribution is 2.30. The summed E-state index contributed by atoms with van der Waals surface area (Å²) in [5.41, 5.74) is 5.79. The van der Waals surface area contributed by atoms with Crippen LogP contribution in [0.3, 0.4) is 0 Å². The highest BCUT2D eigenvalue weighted by molar-refractivity contribution is 4.92. The van der Waals surface area contributed by atoms with Crippen molar-refractivity contribution < 1.29 is 9.47 Å². The lowest BCUT2D eigenvalue weighted by atomic mass is 9.89. The van der Waals surface area contributed by atoms with Crippen LogP contribution in [-0.4, -0.2) is 50.6 Å². The summed E-state index contributed by atoms with van der Waals surface area (Å²) < 4.78 is 11.0. The van der Waals surface area contributed by atoms with Crippen LogP contribution in [0.4, 0.5) is 0 Å². The summed E-state index contributed by atoms with van der Waals surface area (Å²) in [5.74, 6) is 1.60. The fraction of sp³-hybridized carbons (Fsp3) is 1.00. The van der Waals surface area contributed by atoms with E-state index in [1.807, 2.05) is 0 Å². The lowest BCUT2D eigenvalue weighted by Crippen LogP contribution is -2.60. The number of nitrogens with two attached hydrogens (primary N) is 1. The monoisotopic (exact) mass is 272 g/mol. The molecule has 1 saturated heterocycles. The predicted octanol–water partition coefficient (Wildman–Crippen LogP) is 2.08. The van der Waals surface area contributed by atoms with Crippen molar-refractivity contribution in [3.05, 3.63) is 0 Å². The van der Waals surface area contributed by atoms with Gasteiger partial charge in [0.05, 0.1) is 5.54 Å². The predicted molar refractivity (Wildman–Crippen MR) is 79.0 cm³/mol. The van der Waals surface area contributed by atoms with E-state index in [2.05, 4.69) is 25.7 Å². The van der Waals surface area contributed by atoms with Gasteiger partial charge in [0.2, 0.25) is 0 Å². The first-order valence-electron chi connectivity index (χ1n) is 7.50. The molecule has 0 aromatic rings. The second-order valence-corrected chi connectivity index (χ2v) is 6.29. The molecule has 1 fully saturated rings. The molecule has 0 aromatic heterocycles. The molecule has 2 N–H and O–H groups in total. The second kappa shape index (κ2) is 7.58. The third-order valence-electron chi connectivity index (χ3n) is 4.79. The Balaban J connectivity index is 2.76. The Labute approximate surface area is 118 Å². The van der Waals surface area contributed by atoms with Crippen molar-refractivity contribution in [2.45, 2.75) is 51.9 Å². The summed E-state index contributed by atoms with van der Waals surface area (Å²) >= 11 is 0. The molecule has 19 heavy (non-hydrogen) atoms. The molecule has 0 aliphatic carbocycles. The van der Waals surface area contributed by atoms with E-state index in [4.69, 9.17) is 15.2 Å². The quantitative estimate of drug-likeness (QED) is 0.752. The normalized spacial score (nSPS) is 25.6. The molecule has 114 valence electrons. The summed E-state index contributed by atoms with van der Waals surface area (Å²) in [4.78, 5) is 2.47. The molecule has 0 bridgehead atoms. The molecule has 1 aliphatic heterocycles. The van der Waals surface area contributed by atoms with Gasteiger partial charge in [-0.05, 0) is 51.1 Å². The Bertz CT molecular complexity index is 257. The van der Waals surface area contributed by atoms with Gasteiger partial charge in [-0.1, -0.05) is 13.8 Å². The minimum atomic E-state index is -0.270. The number of methoxy groups -OCH3 is 2. The fourth-order valence-corrected chi connectivity index (χ4v) is 3.28. The maximum atomic E-state index is 6.03. The first-order chi connectivity index (χ1) is 8.99. The van der Waals surface area contributed by atoms with E-state index in [1.54, 1.807) is 14.2 Å². The van der Waals surface area contributed by atoms with E-state index < -0.39 is 0 Å². The van der Waals surface area contributed by atoms with Crippen molar-refractivity contribution in [3.63, 3.8) is 0 Å². The maximum absolute atomic E-state index is 6.03. The highest BCUT2D eigenvalue weighted by Gasteiger charge is 2.40. The van der Waals surface area contributed by atoms with E-state index >= 15 is 0 Å². The number of likely N-dealkylation sites (tertiary alicyclic amines) is 1.